The van der Waals surface area contributed by atoms with E-state index in [1.807, 2.05) is 29.6 Å². The lowest BCUT2D eigenvalue weighted by Gasteiger charge is -2.07. The third-order valence-corrected chi connectivity index (χ3v) is 7.07. The SMILES string of the molecule is O=S(=O)(Cc1cccc(Cl)c1)NCc1ccc(C(O)c2cccs2)s1. The van der Waals surface area contributed by atoms with Crippen molar-refractivity contribution in [2.75, 3.05) is 0 Å². The van der Waals surface area contributed by atoms with Crippen molar-refractivity contribution in [1.29, 1.82) is 0 Å². The van der Waals surface area contributed by atoms with Gasteiger partial charge in [0.1, 0.15) is 6.10 Å². The van der Waals surface area contributed by atoms with Crippen LogP contribution in [0.25, 0.3) is 0 Å². The van der Waals surface area contributed by atoms with Gasteiger partial charge in [0.15, 0.2) is 0 Å². The summed E-state index contributed by atoms with van der Waals surface area (Å²) >= 11 is 8.77. The van der Waals surface area contributed by atoms with Crippen LogP contribution in [0.15, 0.2) is 53.9 Å². The zero-order valence-electron chi connectivity index (χ0n) is 13.1. The third-order valence-electron chi connectivity index (χ3n) is 3.48. The minimum Gasteiger partial charge on any atom is -0.382 e. The molecule has 0 aliphatic rings. The van der Waals surface area contributed by atoms with Gasteiger partial charge in [0.05, 0.1) is 5.75 Å². The van der Waals surface area contributed by atoms with Crippen LogP contribution in [0.1, 0.15) is 26.3 Å². The number of aliphatic hydroxyl groups is 1. The van der Waals surface area contributed by atoms with Crippen molar-refractivity contribution in [1.82, 2.24) is 4.72 Å². The smallest absolute Gasteiger partial charge is 0.216 e. The second-order valence-electron chi connectivity index (χ2n) is 5.43. The summed E-state index contributed by atoms with van der Waals surface area (Å²) in [5.74, 6) is -0.121. The van der Waals surface area contributed by atoms with Crippen molar-refractivity contribution >= 4 is 44.3 Å². The molecular weight excluding hydrogens is 398 g/mol. The minimum absolute atomic E-state index is 0.121. The van der Waals surface area contributed by atoms with Gasteiger partial charge in [-0.2, -0.15) is 0 Å². The molecule has 0 fully saturated rings. The van der Waals surface area contributed by atoms with E-state index in [9.17, 15) is 13.5 Å². The number of halogens is 1. The molecule has 3 aromatic rings. The summed E-state index contributed by atoms with van der Waals surface area (Å²) in [5, 5.41) is 12.7. The third kappa shape index (κ3) is 5.13. The van der Waals surface area contributed by atoms with Gasteiger partial charge in [-0.1, -0.05) is 29.8 Å². The van der Waals surface area contributed by atoms with E-state index in [0.717, 1.165) is 14.6 Å². The van der Waals surface area contributed by atoms with Crippen molar-refractivity contribution in [2.45, 2.75) is 18.4 Å². The van der Waals surface area contributed by atoms with Crippen molar-refractivity contribution < 1.29 is 13.5 Å². The first-order valence-electron chi connectivity index (χ1n) is 7.45. The molecule has 8 heteroatoms. The lowest BCUT2D eigenvalue weighted by atomic mass is 10.2. The zero-order valence-corrected chi connectivity index (χ0v) is 16.3. The van der Waals surface area contributed by atoms with Crippen LogP contribution in [-0.2, 0) is 22.3 Å². The van der Waals surface area contributed by atoms with Gasteiger partial charge in [-0.25, -0.2) is 13.1 Å². The molecule has 2 heterocycles. The van der Waals surface area contributed by atoms with Crippen LogP contribution >= 0.6 is 34.3 Å². The van der Waals surface area contributed by atoms with E-state index in [1.54, 1.807) is 24.3 Å². The van der Waals surface area contributed by atoms with Crippen molar-refractivity contribution in [3.05, 3.63) is 79.1 Å². The van der Waals surface area contributed by atoms with Gasteiger partial charge < -0.3 is 5.11 Å². The number of rotatable bonds is 7. The number of thiophene rings is 2. The molecule has 0 saturated heterocycles. The molecule has 2 N–H and O–H groups in total. The van der Waals surface area contributed by atoms with Crippen molar-refractivity contribution in [3.8, 4) is 0 Å². The Labute approximate surface area is 159 Å². The lowest BCUT2D eigenvalue weighted by molar-refractivity contribution is 0.228. The Morgan fingerprint density at radius 2 is 1.96 bits per heavy atom. The number of hydrogen-bond donors (Lipinski definition) is 2. The predicted octanol–water partition coefficient (Wildman–Crippen LogP) is 4.16. The fourth-order valence-electron chi connectivity index (χ4n) is 2.30. The molecule has 2 aromatic heterocycles. The van der Waals surface area contributed by atoms with E-state index in [0.29, 0.717) is 10.6 Å². The number of sulfonamides is 1. The lowest BCUT2D eigenvalue weighted by Crippen LogP contribution is -2.24. The maximum absolute atomic E-state index is 12.2. The first kappa shape index (κ1) is 18.6. The number of nitrogens with one attached hydrogen (secondary N) is 1. The van der Waals surface area contributed by atoms with Crippen LogP contribution < -0.4 is 4.72 Å². The second kappa shape index (κ2) is 7.99. The van der Waals surface area contributed by atoms with E-state index < -0.39 is 16.1 Å². The summed E-state index contributed by atoms with van der Waals surface area (Å²) in [6, 6.07) is 14.2. The van der Waals surface area contributed by atoms with Gasteiger partial charge in [-0.15, -0.1) is 22.7 Å². The molecule has 3 rings (SSSR count). The summed E-state index contributed by atoms with van der Waals surface area (Å²) < 4.78 is 27.0. The molecule has 4 nitrogen and oxygen atoms in total. The number of benzene rings is 1. The summed E-state index contributed by atoms with van der Waals surface area (Å²) in [5.41, 5.74) is 0.639. The van der Waals surface area contributed by atoms with Gasteiger partial charge in [0, 0.05) is 26.2 Å². The van der Waals surface area contributed by atoms with Gasteiger partial charge in [-0.05, 0) is 41.3 Å². The molecule has 0 radical (unpaired) electrons. The summed E-state index contributed by atoms with van der Waals surface area (Å²) in [6.07, 6.45) is -0.665. The topological polar surface area (TPSA) is 66.4 Å². The summed E-state index contributed by atoms with van der Waals surface area (Å²) in [7, 11) is -3.47. The highest BCUT2D eigenvalue weighted by atomic mass is 35.5. The Hall–Kier alpha value is -1.22. The fourth-order valence-corrected chi connectivity index (χ4v) is 5.46. The van der Waals surface area contributed by atoms with Crippen LogP contribution in [0, 0.1) is 0 Å². The maximum atomic E-state index is 12.2. The van der Waals surface area contributed by atoms with Gasteiger partial charge in [-0.3, -0.25) is 0 Å². The first-order chi connectivity index (χ1) is 11.9. The van der Waals surface area contributed by atoms with Crippen molar-refractivity contribution in [2.24, 2.45) is 0 Å². The van der Waals surface area contributed by atoms with E-state index in [1.165, 1.54) is 22.7 Å². The standard InChI is InChI=1S/C17H16ClNO3S3/c18-13-4-1-3-12(9-13)11-25(21,22)19-10-14-6-7-16(24-14)17(20)15-5-2-8-23-15/h1-9,17,19-20H,10-11H2. The molecule has 0 amide bonds. The van der Waals surface area contributed by atoms with Crippen LogP contribution in [0.3, 0.4) is 0 Å². The van der Waals surface area contributed by atoms with E-state index in [4.69, 9.17) is 11.6 Å². The average molecular weight is 414 g/mol. The Morgan fingerprint density at radius 1 is 1.12 bits per heavy atom. The fraction of sp³-hybridized carbons (Fsp3) is 0.176. The number of aliphatic hydroxyl groups excluding tert-OH is 1. The monoisotopic (exact) mass is 413 g/mol. The maximum Gasteiger partial charge on any atom is 0.216 e. The average Bonchev–Trinajstić information content (AvgIpc) is 3.24. The van der Waals surface area contributed by atoms with E-state index in [-0.39, 0.29) is 12.3 Å². The molecule has 25 heavy (non-hydrogen) atoms. The molecule has 1 atom stereocenters. The molecule has 0 aliphatic heterocycles. The normalized spacial score (nSPS) is 13.0. The predicted molar refractivity (Wildman–Crippen MR) is 104 cm³/mol. The van der Waals surface area contributed by atoms with Crippen molar-refractivity contribution in [3.63, 3.8) is 0 Å². The molecular formula is C17H16ClNO3S3. The van der Waals surface area contributed by atoms with Gasteiger partial charge in [0.2, 0.25) is 10.0 Å². The zero-order chi connectivity index (χ0) is 17.9. The first-order valence-corrected chi connectivity index (χ1v) is 11.2. The highest BCUT2D eigenvalue weighted by Crippen LogP contribution is 2.30. The molecule has 0 saturated carbocycles. The highest BCUT2D eigenvalue weighted by Gasteiger charge is 2.16. The van der Waals surface area contributed by atoms with Crippen LogP contribution in [-0.4, -0.2) is 13.5 Å². The van der Waals surface area contributed by atoms with Gasteiger partial charge >= 0.3 is 0 Å². The summed E-state index contributed by atoms with van der Waals surface area (Å²) in [6.45, 7) is 0.199. The van der Waals surface area contributed by atoms with Crippen LogP contribution in [0.2, 0.25) is 5.02 Å². The van der Waals surface area contributed by atoms with E-state index >= 15 is 0 Å². The van der Waals surface area contributed by atoms with Gasteiger partial charge in [0.25, 0.3) is 0 Å². The Balaban J connectivity index is 1.61. The van der Waals surface area contributed by atoms with Crippen LogP contribution in [0.4, 0.5) is 0 Å². The Morgan fingerprint density at radius 3 is 2.68 bits per heavy atom. The molecule has 1 aromatic carbocycles. The molecule has 1 unspecified atom stereocenters. The minimum atomic E-state index is -3.47. The quantitative estimate of drug-likeness (QED) is 0.611. The van der Waals surface area contributed by atoms with Crippen LogP contribution in [0.5, 0.6) is 0 Å². The second-order valence-corrected chi connectivity index (χ2v) is 9.85. The Bertz CT molecular complexity index is 936. The largest absolute Gasteiger partial charge is 0.382 e. The molecule has 0 aliphatic carbocycles. The van der Waals surface area contributed by atoms with E-state index in [2.05, 4.69) is 4.72 Å². The molecule has 0 spiro atoms. The number of hydrogen-bond acceptors (Lipinski definition) is 5. The Kier molecular flexibility index (Phi) is 5.93. The highest BCUT2D eigenvalue weighted by molar-refractivity contribution is 7.88. The molecule has 0 bridgehead atoms. The molecule has 132 valence electrons. The summed E-state index contributed by atoms with van der Waals surface area (Å²) in [4.78, 5) is 2.52.